The van der Waals surface area contributed by atoms with Gasteiger partial charge in [0.25, 0.3) is 0 Å². The van der Waals surface area contributed by atoms with Crippen LogP contribution in [0.5, 0.6) is 11.5 Å². The van der Waals surface area contributed by atoms with Gasteiger partial charge in [0.15, 0.2) is 0 Å². The molecule has 6 aromatic rings. The van der Waals surface area contributed by atoms with Crippen molar-refractivity contribution in [1.82, 2.24) is 0 Å². The van der Waals surface area contributed by atoms with E-state index in [1.54, 1.807) is 14.2 Å². The molecule has 0 spiro atoms. The van der Waals surface area contributed by atoms with Crippen molar-refractivity contribution in [2.75, 3.05) is 14.2 Å². The Morgan fingerprint density at radius 3 is 0.980 bits per heavy atom. The molecule has 1 aliphatic rings. The van der Waals surface area contributed by atoms with Crippen molar-refractivity contribution < 1.29 is 9.47 Å². The van der Waals surface area contributed by atoms with E-state index in [1.807, 2.05) is 48.5 Å². The number of allylic oxidation sites excluding steroid dienone is 2. The van der Waals surface area contributed by atoms with Gasteiger partial charge >= 0.3 is 293 Å². The molecule has 1 aliphatic heterocycles. The minimum atomic E-state index is -4.09. The van der Waals surface area contributed by atoms with E-state index in [4.69, 9.17) is 9.47 Å². The van der Waals surface area contributed by atoms with Crippen molar-refractivity contribution >= 4 is 33.2 Å². The van der Waals surface area contributed by atoms with E-state index in [0.717, 1.165) is 44.9 Å². The number of methoxy groups -OCH3 is 2. The van der Waals surface area contributed by atoms with Gasteiger partial charge in [0.1, 0.15) is 0 Å². The summed E-state index contributed by atoms with van der Waals surface area (Å²) in [6.45, 7) is 0. The van der Waals surface area contributed by atoms with Gasteiger partial charge in [-0.15, -0.1) is 0 Å². The van der Waals surface area contributed by atoms with Gasteiger partial charge in [-0.1, -0.05) is 0 Å². The molecule has 3 heteroatoms. The van der Waals surface area contributed by atoms with Crippen LogP contribution in [0.1, 0.15) is 33.4 Å². The molecule has 49 heavy (non-hydrogen) atoms. The Hall–Kier alpha value is -5.94. The molecule has 0 aliphatic carbocycles. The molecule has 7 rings (SSSR count). The van der Waals surface area contributed by atoms with Crippen molar-refractivity contribution in [2.45, 2.75) is 0 Å². The molecule has 0 aromatic heterocycles. The number of benzene rings is 6. The van der Waals surface area contributed by atoms with Gasteiger partial charge < -0.3 is 0 Å². The Labute approximate surface area is 291 Å². The topological polar surface area (TPSA) is 18.5 Å². The number of ether oxygens (including phenoxy) is 2. The van der Waals surface area contributed by atoms with E-state index in [9.17, 15) is 0 Å². The first-order chi connectivity index (χ1) is 24.2. The summed E-state index contributed by atoms with van der Waals surface area (Å²) in [6, 6.07) is 59.0. The van der Waals surface area contributed by atoms with Crippen molar-refractivity contribution in [3.8, 4) is 32.8 Å². The van der Waals surface area contributed by atoms with Crippen LogP contribution in [0.15, 0.2) is 170 Å². The van der Waals surface area contributed by atoms with Crippen molar-refractivity contribution in [1.29, 1.82) is 0 Å². The summed E-state index contributed by atoms with van der Waals surface area (Å²) >= 11 is -4.09. The van der Waals surface area contributed by atoms with Gasteiger partial charge in [-0.3, -0.25) is 0 Å². The van der Waals surface area contributed by atoms with Gasteiger partial charge in [0, 0.05) is 0 Å². The standard InChI is InChI=1S/C46H34GeO2/c1-48-41-27-23-35(24-28-41)31-33-47(34-32-36-25-29-42(49-2)30-26-36)45(39-19-11-5-12-20-39)43(37-15-7-3-8-16-37)44(38-17-9-4-10-18-38)46(47)40-21-13-6-14-22-40/h3-30H,1-2H3. The average Bonchev–Trinajstić information content (AvgIpc) is 3.49. The van der Waals surface area contributed by atoms with Crippen LogP contribution in [0.2, 0.25) is 0 Å². The Kier molecular flexibility index (Phi) is 9.33. The third-order valence-electron chi connectivity index (χ3n) is 8.72. The zero-order valence-corrected chi connectivity index (χ0v) is 29.6. The maximum absolute atomic E-state index is 5.46. The summed E-state index contributed by atoms with van der Waals surface area (Å²) in [5.74, 6) is 8.93. The molecule has 0 atom stereocenters. The summed E-state index contributed by atoms with van der Waals surface area (Å²) < 4.78 is 21.5. The molecule has 0 saturated heterocycles. The molecule has 0 fully saturated rings. The average molecular weight is 691 g/mol. The molecule has 0 radical (unpaired) electrons. The molecule has 0 amide bonds. The third-order valence-corrected chi connectivity index (χ3v) is 16.2. The van der Waals surface area contributed by atoms with E-state index in [2.05, 4.69) is 143 Å². The summed E-state index contributed by atoms with van der Waals surface area (Å²) in [4.78, 5) is 0. The van der Waals surface area contributed by atoms with Gasteiger partial charge in [-0.05, 0) is 0 Å². The second kappa shape index (κ2) is 14.4. The van der Waals surface area contributed by atoms with Crippen LogP contribution in [-0.4, -0.2) is 27.5 Å². The normalized spacial score (nSPS) is 13.2. The van der Waals surface area contributed by atoms with E-state index < -0.39 is 13.3 Å². The molecule has 1 heterocycles. The van der Waals surface area contributed by atoms with Gasteiger partial charge in [-0.25, -0.2) is 0 Å². The SMILES string of the molecule is COc1ccc(C#[C][Ge]2([C]#Cc3ccc(OC)cc3)[C](c3ccccc3)=C(c3ccccc3)C(c3ccccc3)=[C]2c2ccccc2)cc1. The number of hydrogen-bond acceptors (Lipinski definition) is 2. The van der Waals surface area contributed by atoms with Crippen molar-refractivity contribution in [2.24, 2.45) is 0 Å². The molecule has 234 valence electrons. The predicted molar refractivity (Wildman–Crippen MR) is 205 cm³/mol. The zero-order valence-electron chi connectivity index (χ0n) is 27.5. The molecular weight excluding hydrogens is 657 g/mol. The van der Waals surface area contributed by atoms with Crippen LogP contribution in [0.25, 0.3) is 20.0 Å². The Morgan fingerprint density at radius 2 is 0.673 bits per heavy atom. The monoisotopic (exact) mass is 692 g/mol. The quantitative estimate of drug-likeness (QED) is 0.128. The van der Waals surface area contributed by atoms with Gasteiger partial charge in [0.2, 0.25) is 0 Å². The Bertz CT molecular complexity index is 2080. The fourth-order valence-electron chi connectivity index (χ4n) is 6.43. The third kappa shape index (κ3) is 6.48. The summed E-state index contributed by atoms with van der Waals surface area (Å²) in [6.07, 6.45) is 0. The van der Waals surface area contributed by atoms with Crippen LogP contribution >= 0.6 is 0 Å². The van der Waals surface area contributed by atoms with Crippen molar-refractivity contribution in [3.63, 3.8) is 0 Å². The number of hydrogen-bond donors (Lipinski definition) is 0. The van der Waals surface area contributed by atoms with Crippen molar-refractivity contribution in [3.05, 3.63) is 203 Å². The molecule has 0 bridgehead atoms. The van der Waals surface area contributed by atoms with E-state index in [-0.39, 0.29) is 0 Å². The van der Waals surface area contributed by atoms with Gasteiger partial charge in [0.05, 0.1) is 0 Å². The molecule has 0 unspecified atom stereocenters. The molecule has 0 N–H and O–H groups in total. The molecule has 0 saturated carbocycles. The second-order valence-electron chi connectivity index (χ2n) is 11.7. The molecule has 6 aromatic carbocycles. The summed E-state index contributed by atoms with van der Waals surface area (Å²) in [7, 11) is 3.37. The number of rotatable bonds is 6. The molecular formula is C46H34GeO2. The first-order valence-corrected chi connectivity index (χ1v) is 20.5. The second-order valence-corrected chi connectivity index (χ2v) is 18.0. The zero-order chi connectivity index (χ0) is 33.5. The summed E-state index contributed by atoms with van der Waals surface area (Å²) in [5, 5.41) is 0. The van der Waals surface area contributed by atoms with E-state index in [0.29, 0.717) is 0 Å². The minimum absolute atomic E-state index is 0.800. The van der Waals surface area contributed by atoms with E-state index >= 15 is 0 Å². The van der Waals surface area contributed by atoms with Crippen LogP contribution in [-0.2, 0) is 0 Å². The molecule has 2 nitrogen and oxygen atoms in total. The Balaban J connectivity index is 1.66. The van der Waals surface area contributed by atoms with Gasteiger partial charge in [-0.2, -0.15) is 0 Å². The fourth-order valence-corrected chi connectivity index (χ4v) is 14.7. The maximum atomic E-state index is 5.46. The van der Waals surface area contributed by atoms with Crippen LogP contribution < -0.4 is 9.47 Å². The first kappa shape index (κ1) is 31.7. The van der Waals surface area contributed by atoms with Crippen LogP contribution in [0, 0.1) is 21.3 Å². The van der Waals surface area contributed by atoms with Crippen LogP contribution in [0.4, 0.5) is 0 Å². The van der Waals surface area contributed by atoms with E-state index in [1.165, 1.54) is 20.0 Å². The predicted octanol–water partition coefficient (Wildman–Crippen LogP) is 9.95. The Morgan fingerprint density at radius 1 is 0.367 bits per heavy atom. The fraction of sp³-hybridized carbons (Fsp3) is 0.0435. The van der Waals surface area contributed by atoms with Crippen LogP contribution in [0.3, 0.4) is 0 Å². The first-order valence-electron chi connectivity index (χ1n) is 16.3. The summed E-state index contributed by atoms with van der Waals surface area (Å²) in [5.41, 5.74) is 8.84.